The molecule has 3 aromatic rings. The number of Topliss-reactive ketones (excluding diaryl/α,β-unsaturated/α-hetero) is 1. The smallest absolute Gasteiger partial charge is 0.300 e. The van der Waals surface area contributed by atoms with Crippen molar-refractivity contribution in [2.45, 2.75) is 13.0 Å². The van der Waals surface area contributed by atoms with Crippen LogP contribution in [-0.4, -0.2) is 26.7 Å². The van der Waals surface area contributed by atoms with E-state index in [1.54, 1.807) is 24.3 Å². The van der Waals surface area contributed by atoms with Gasteiger partial charge in [0.1, 0.15) is 5.76 Å². The van der Waals surface area contributed by atoms with Gasteiger partial charge >= 0.3 is 0 Å². The number of aryl methyl sites for hydroxylation is 1. The van der Waals surface area contributed by atoms with E-state index in [1.807, 2.05) is 19.1 Å². The standard InChI is InChI=1S/C23H17N3O5/c1-14-2-6-17(7-3-14)25-20(15-10-12-24-13-11-15)19(22(28)23(25)29)21(27)16-4-8-18(9-5-16)26(30)31/h2-13,20,27H,1H3/b21-19-. The maximum atomic E-state index is 13.0. The Hall–Kier alpha value is -4.33. The summed E-state index contributed by atoms with van der Waals surface area (Å²) in [6.07, 6.45) is 3.08. The van der Waals surface area contributed by atoms with Gasteiger partial charge < -0.3 is 5.11 Å². The fraction of sp³-hybridized carbons (Fsp3) is 0.0870. The van der Waals surface area contributed by atoms with E-state index in [1.165, 1.54) is 41.6 Å². The molecule has 0 radical (unpaired) electrons. The van der Waals surface area contributed by atoms with Crippen molar-refractivity contribution < 1.29 is 19.6 Å². The lowest BCUT2D eigenvalue weighted by Gasteiger charge is -2.25. The molecule has 1 fully saturated rings. The molecule has 1 aromatic heterocycles. The second kappa shape index (κ2) is 7.83. The highest BCUT2D eigenvalue weighted by molar-refractivity contribution is 6.51. The highest BCUT2D eigenvalue weighted by atomic mass is 16.6. The van der Waals surface area contributed by atoms with Crippen molar-refractivity contribution in [2.75, 3.05) is 4.90 Å². The summed E-state index contributed by atoms with van der Waals surface area (Å²) in [5, 5.41) is 21.9. The van der Waals surface area contributed by atoms with Gasteiger partial charge in [-0.2, -0.15) is 0 Å². The predicted molar refractivity (Wildman–Crippen MR) is 113 cm³/mol. The molecule has 1 saturated heterocycles. The molecule has 154 valence electrons. The third kappa shape index (κ3) is 3.55. The zero-order valence-electron chi connectivity index (χ0n) is 16.4. The number of nitrogens with zero attached hydrogens (tertiary/aromatic N) is 3. The Labute approximate surface area is 177 Å². The van der Waals surface area contributed by atoms with Crippen LogP contribution in [0.25, 0.3) is 5.76 Å². The van der Waals surface area contributed by atoms with Gasteiger partial charge in [0.2, 0.25) is 0 Å². The molecule has 1 atom stereocenters. The van der Waals surface area contributed by atoms with E-state index in [4.69, 9.17) is 0 Å². The number of aliphatic hydroxyl groups is 1. The van der Waals surface area contributed by atoms with Crippen molar-refractivity contribution >= 4 is 28.8 Å². The molecule has 2 heterocycles. The zero-order valence-corrected chi connectivity index (χ0v) is 16.4. The van der Waals surface area contributed by atoms with Gasteiger partial charge in [-0.1, -0.05) is 17.7 Å². The summed E-state index contributed by atoms with van der Waals surface area (Å²) in [5.41, 5.74) is 2.06. The number of amides is 1. The van der Waals surface area contributed by atoms with Crippen molar-refractivity contribution in [3.05, 3.63) is 105 Å². The number of carbonyl (C=O) groups is 2. The van der Waals surface area contributed by atoms with Gasteiger partial charge in [-0.25, -0.2) is 0 Å². The third-order valence-corrected chi connectivity index (χ3v) is 5.13. The molecule has 8 nitrogen and oxygen atoms in total. The molecule has 0 saturated carbocycles. The van der Waals surface area contributed by atoms with Crippen LogP contribution in [0.4, 0.5) is 11.4 Å². The molecule has 1 N–H and O–H groups in total. The first-order valence-electron chi connectivity index (χ1n) is 9.41. The van der Waals surface area contributed by atoms with Crippen LogP contribution in [0.15, 0.2) is 78.6 Å². The van der Waals surface area contributed by atoms with Gasteiger partial charge in [-0.3, -0.25) is 29.6 Å². The second-order valence-corrected chi connectivity index (χ2v) is 7.09. The molecule has 0 bridgehead atoms. The Balaban J connectivity index is 1.90. The lowest BCUT2D eigenvalue weighted by Crippen LogP contribution is -2.29. The number of benzene rings is 2. The Morgan fingerprint density at radius 1 is 1.00 bits per heavy atom. The quantitative estimate of drug-likeness (QED) is 0.227. The summed E-state index contributed by atoms with van der Waals surface area (Å²) in [4.78, 5) is 41.7. The molecule has 4 rings (SSSR count). The minimum Gasteiger partial charge on any atom is -0.507 e. The fourth-order valence-corrected chi connectivity index (χ4v) is 3.56. The van der Waals surface area contributed by atoms with E-state index in [-0.39, 0.29) is 16.8 Å². The minimum atomic E-state index is -0.874. The van der Waals surface area contributed by atoms with Crippen LogP contribution < -0.4 is 4.90 Å². The van der Waals surface area contributed by atoms with E-state index in [9.17, 15) is 24.8 Å². The van der Waals surface area contributed by atoms with E-state index < -0.39 is 28.4 Å². The SMILES string of the molecule is Cc1ccc(N2C(=O)C(=O)/C(=C(\O)c3ccc([N+](=O)[O-])cc3)C2c2ccncc2)cc1. The van der Waals surface area contributed by atoms with Crippen LogP contribution in [0.5, 0.6) is 0 Å². The molecule has 31 heavy (non-hydrogen) atoms. The monoisotopic (exact) mass is 415 g/mol. The Kier molecular flexibility index (Phi) is 5.04. The molecule has 8 heteroatoms. The van der Waals surface area contributed by atoms with Gasteiger partial charge in [-0.15, -0.1) is 0 Å². The minimum absolute atomic E-state index is 0.0920. The molecule has 1 amide bonds. The van der Waals surface area contributed by atoms with Gasteiger partial charge in [0.15, 0.2) is 0 Å². The first-order chi connectivity index (χ1) is 14.9. The first kappa shape index (κ1) is 20.0. The summed E-state index contributed by atoms with van der Waals surface area (Å²) in [5.74, 6) is -2.00. The zero-order chi connectivity index (χ0) is 22.1. The summed E-state index contributed by atoms with van der Waals surface area (Å²) < 4.78 is 0. The van der Waals surface area contributed by atoms with E-state index in [0.29, 0.717) is 11.3 Å². The van der Waals surface area contributed by atoms with Gasteiger partial charge in [0, 0.05) is 35.8 Å². The summed E-state index contributed by atoms with van der Waals surface area (Å²) in [6, 6.07) is 14.7. The molecular weight excluding hydrogens is 398 g/mol. The average Bonchev–Trinajstić information content (AvgIpc) is 3.05. The van der Waals surface area contributed by atoms with Crippen molar-refractivity contribution in [3.8, 4) is 0 Å². The molecule has 1 aliphatic rings. The second-order valence-electron chi connectivity index (χ2n) is 7.09. The highest BCUT2D eigenvalue weighted by Gasteiger charge is 2.46. The Bertz CT molecular complexity index is 1200. The molecule has 1 unspecified atom stereocenters. The molecular formula is C23H17N3O5. The number of nitro groups is 1. The lowest BCUT2D eigenvalue weighted by atomic mass is 9.95. The predicted octanol–water partition coefficient (Wildman–Crippen LogP) is 3.92. The van der Waals surface area contributed by atoms with Crippen molar-refractivity contribution in [2.24, 2.45) is 0 Å². The summed E-state index contributed by atoms with van der Waals surface area (Å²) in [7, 11) is 0. The number of anilines is 1. The maximum Gasteiger partial charge on any atom is 0.300 e. The first-order valence-corrected chi connectivity index (χ1v) is 9.41. The van der Waals surface area contributed by atoms with E-state index >= 15 is 0 Å². The van der Waals surface area contributed by atoms with Gasteiger partial charge in [0.25, 0.3) is 17.4 Å². The van der Waals surface area contributed by atoms with Gasteiger partial charge in [-0.05, 0) is 48.9 Å². The number of aromatic nitrogens is 1. The van der Waals surface area contributed by atoms with Crippen LogP contribution in [0.2, 0.25) is 0 Å². The van der Waals surface area contributed by atoms with Crippen molar-refractivity contribution in [1.82, 2.24) is 4.98 Å². The highest BCUT2D eigenvalue weighted by Crippen LogP contribution is 2.42. The fourth-order valence-electron chi connectivity index (χ4n) is 3.56. The van der Waals surface area contributed by atoms with Crippen LogP contribution in [0, 0.1) is 17.0 Å². The molecule has 0 aliphatic carbocycles. The van der Waals surface area contributed by atoms with Crippen molar-refractivity contribution in [1.29, 1.82) is 0 Å². The van der Waals surface area contributed by atoms with Crippen LogP contribution in [0.3, 0.4) is 0 Å². The van der Waals surface area contributed by atoms with E-state index in [2.05, 4.69) is 4.98 Å². The van der Waals surface area contributed by atoms with Crippen LogP contribution in [0.1, 0.15) is 22.7 Å². The number of aliphatic hydroxyl groups excluding tert-OH is 1. The van der Waals surface area contributed by atoms with Crippen LogP contribution in [-0.2, 0) is 9.59 Å². The number of hydrogen-bond donors (Lipinski definition) is 1. The largest absolute Gasteiger partial charge is 0.507 e. The average molecular weight is 415 g/mol. The topological polar surface area (TPSA) is 114 Å². The lowest BCUT2D eigenvalue weighted by molar-refractivity contribution is -0.384. The maximum absolute atomic E-state index is 13.0. The number of carbonyl (C=O) groups excluding carboxylic acids is 2. The van der Waals surface area contributed by atoms with E-state index in [0.717, 1.165) is 5.56 Å². The normalized spacial score (nSPS) is 17.7. The Morgan fingerprint density at radius 2 is 1.61 bits per heavy atom. The number of hydrogen-bond acceptors (Lipinski definition) is 6. The number of pyridine rings is 1. The number of ketones is 1. The molecule has 0 spiro atoms. The van der Waals surface area contributed by atoms with Gasteiger partial charge in [0.05, 0.1) is 16.5 Å². The third-order valence-electron chi connectivity index (χ3n) is 5.13. The van der Waals surface area contributed by atoms with Crippen molar-refractivity contribution in [3.63, 3.8) is 0 Å². The molecule has 1 aliphatic heterocycles. The van der Waals surface area contributed by atoms with Crippen LogP contribution >= 0.6 is 0 Å². The molecule has 2 aromatic carbocycles. The number of rotatable bonds is 4. The summed E-state index contributed by atoms with van der Waals surface area (Å²) >= 11 is 0. The summed E-state index contributed by atoms with van der Waals surface area (Å²) in [6.45, 7) is 1.91. The Morgan fingerprint density at radius 3 is 2.19 bits per heavy atom. The number of nitro benzene ring substituents is 1. The number of non-ortho nitro benzene ring substituents is 1.